The molecule has 14 heavy (non-hydrogen) atoms. The molecule has 0 spiro atoms. The van der Waals surface area contributed by atoms with Crippen LogP contribution < -0.4 is 5.32 Å². The van der Waals surface area contributed by atoms with Gasteiger partial charge in [-0.25, -0.2) is 0 Å². The van der Waals surface area contributed by atoms with Gasteiger partial charge in [0.2, 0.25) is 0 Å². The van der Waals surface area contributed by atoms with Gasteiger partial charge in [0.1, 0.15) is 4.32 Å². The maximum absolute atomic E-state index is 10.1. The molecule has 0 amide bonds. The Hall–Kier alpha value is -0.820. The first-order valence-corrected chi connectivity index (χ1v) is 5.26. The van der Waals surface area contributed by atoms with E-state index < -0.39 is 11.9 Å². The number of aliphatic carboxylic acids is 2. The monoisotopic (exact) mass is 237 g/mol. The fourth-order valence-corrected chi connectivity index (χ4v) is 1.57. The molecule has 0 aromatic carbocycles. The van der Waals surface area contributed by atoms with Crippen LogP contribution >= 0.6 is 24.0 Å². The third-order valence-corrected chi connectivity index (χ3v) is 2.47. The van der Waals surface area contributed by atoms with E-state index in [1.54, 1.807) is 0 Å². The Balaban J connectivity index is 3.37. The van der Waals surface area contributed by atoms with Crippen LogP contribution in [0.5, 0.6) is 0 Å². The Morgan fingerprint density at radius 2 is 1.79 bits per heavy atom. The summed E-state index contributed by atoms with van der Waals surface area (Å²) in [6, 6.07) is 0. The van der Waals surface area contributed by atoms with E-state index in [1.165, 1.54) is 11.8 Å². The van der Waals surface area contributed by atoms with Crippen LogP contribution in [0.4, 0.5) is 0 Å². The SMILES string of the molecule is O=C(O)CCNC(=S)SCCC(=O)O. The van der Waals surface area contributed by atoms with E-state index in [0.717, 1.165) is 0 Å². The van der Waals surface area contributed by atoms with Crippen LogP contribution in [0.25, 0.3) is 0 Å². The molecule has 0 atom stereocenters. The molecule has 5 nitrogen and oxygen atoms in total. The minimum absolute atomic E-state index is 0.000367. The average molecular weight is 237 g/mol. The van der Waals surface area contributed by atoms with Crippen LogP contribution in [0.15, 0.2) is 0 Å². The van der Waals surface area contributed by atoms with E-state index in [0.29, 0.717) is 10.1 Å². The number of nitrogens with one attached hydrogen (secondary N) is 1. The molecule has 3 N–H and O–H groups in total. The fraction of sp³-hybridized carbons (Fsp3) is 0.571. The largest absolute Gasteiger partial charge is 0.481 e. The van der Waals surface area contributed by atoms with Crippen molar-refractivity contribution in [3.8, 4) is 0 Å². The molecule has 0 heterocycles. The lowest BCUT2D eigenvalue weighted by atomic mass is 10.4. The molecule has 0 rings (SSSR count). The number of carboxylic acid groups (broad SMARTS) is 2. The zero-order valence-electron chi connectivity index (χ0n) is 7.36. The lowest BCUT2D eigenvalue weighted by molar-refractivity contribution is -0.137. The van der Waals surface area contributed by atoms with Gasteiger partial charge in [-0.1, -0.05) is 24.0 Å². The van der Waals surface area contributed by atoms with Gasteiger partial charge in [0.05, 0.1) is 12.8 Å². The van der Waals surface area contributed by atoms with Crippen molar-refractivity contribution in [2.24, 2.45) is 0 Å². The number of thioether (sulfide) groups is 1. The highest BCUT2D eigenvalue weighted by atomic mass is 32.2. The molecule has 0 aliphatic heterocycles. The van der Waals surface area contributed by atoms with Crippen molar-refractivity contribution in [3.05, 3.63) is 0 Å². The number of thiocarbonyl (C=S) groups is 1. The van der Waals surface area contributed by atoms with Gasteiger partial charge in [-0.05, 0) is 0 Å². The summed E-state index contributed by atoms with van der Waals surface area (Å²) >= 11 is 6.03. The van der Waals surface area contributed by atoms with Crippen LogP contribution in [-0.4, -0.2) is 38.8 Å². The van der Waals surface area contributed by atoms with E-state index in [4.69, 9.17) is 22.4 Å². The second kappa shape index (κ2) is 7.57. The Morgan fingerprint density at radius 1 is 1.21 bits per heavy atom. The number of hydrogen-bond donors (Lipinski definition) is 3. The quantitative estimate of drug-likeness (QED) is 0.581. The summed E-state index contributed by atoms with van der Waals surface area (Å²) in [5.41, 5.74) is 0. The van der Waals surface area contributed by atoms with Gasteiger partial charge in [-0.3, -0.25) is 9.59 Å². The summed E-state index contributed by atoms with van der Waals surface area (Å²) in [6.45, 7) is 0.272. The molecule has 0 unspecified atom stereocenters. The molecule has 0 aliphatic rings. The predicted octanol–water partition coefficient (Wildman–Crippen LogP) is 0.543. The van der Waals surface area contributed by atoms with E-state index in [2.05, 4.69) is 5.32 Å². The van der Waals surface area contributed by atoms with Gasteiger partial charge >= 0.3 is 11.9 Å². The molecule has 0 aliphatic carbocycles. The topological polar surface area (TPSA) is 86.6 Å². The highest BCUT2D eigenvalue weighted by molar-refractivity contribution is 8.22. The first-order chi connectivity index (χ1) is 6.52. The molecule has 0 saturated carbocycles. The number of carboxylic acids is 2. The normalized spacial score (nSPS) is 9.43. The van der Waals surface area contributed by atoms with Crippen molar-refractivity contribution in [1.82, 2.24) is 5.32 Å². The van der Waals surface area contributed by atoms with Crippen LogP contribution in [0, 0.1) is 0 Å². The minimum Gasteiger partial charge on any atom is -0.481 e. The molecule has 0 radical (unpaired) electrons. The van der Waals surface area contributed by atoms with E-state index in [1.807, 2.05) is 0 Å². The van der Waals surface area contributed by atoms with E-state index in [9.17, 15) is 9.59 Å². The summed E-state index contributed by atoms with van der Waals surface area (Å²) in [7, 11) is 0. The number of hydrogen-bond acceptors (Lipinski definition) is 4. The summed E-state index contributed by atoms with van der Waals surface area (Å²) in [4.78, 5) is 20.2. The third kappa shape index (κ3) is 9.27. The molecular formula is C7H11NO4S2. The van der Waals surface area contributed by atoms with Crippen LogP contribution in [0.1, 0.15) is 12.8 Å². The first kappa shape index (κ1) is 13.2. The van der Waals surface area contributed by atoms with Gasteiger partial charge in [-0.15, -0.1) is 0 Å². The van der Waals surface area contributed by atoms with Gasteiger partial charge in [-0.2, -0.15) is 0 Å². The van der Waals surface area contributed by atoms with Crippen LogP contribution in [-0.2, 0) is 9.59 Å². The Bertz CT molecular complexity index is 210. The Morgan fingerprint density at radius 3 is 2.29 bits per heavy atom. The van der Waals surface area contributed by atoms with Crippen molar-refractivity contribution in [2.75, 3.05) is 12.3 Å². The molecular weight excluding hydrogens is 226 g/mol. The molecule has 80 valence electrons. The first-order valence-electron chi connectivity index (χ1n) is 3.86. The van der Waals surface area contributed by atoms with Gasteiger partial charge in [0.25, 0.3) is 0 Å². The average Bonchev–Trinajstić information content (AvgIpc) is 2.02. The fourth-order valence-electron chi connectivity index (χ4n) is 0.554. The third-order valence-electron chi connectivity index (χ3n) is 1.16. The summed E-state index contributed by atoms with van der Waals surface area (Å²) in [5.74, 6) is -1.37. The second-order valence-corrected chi connectivity index (χ2v) is 4.12. The highest BCUT2D eigenvalue weighted by Gasteiger charge is 2.01. The lowest BCUT2D eigenvalue weighted by Gasteiger charge is -2.04. The van der Waals surface area contributed by atoms with Crippen molar-refractivity contribution < 1.29 is 19.8 Å². The molecule has 0 fully saturated rings. The summed E-state index contributed by atoms with van der Waals surface area (Å²) in [6.07, 6.45) is 0.0467. The maximum Gasteiger partial charge on any atom is 0.305 e. The maximum atomic E-state index is 10.1. The smallest absolute Gasteiger partial charge is 0.305 e. The van der Waals surface area contributed by atoms with Crippen molar-refractivity contribution in [1.29, 1.82) is 0 Å². The van der Waals surface area contributed by atoms with Gasteiger partial charge in [0, 0.05) is 12.3 Å². The van der Waals surface area contributed by atoms with E-state index >= 15 is 0 Å². The molecule has 0 saturated heterocycles. The van der Waals surface area contributed by atoms with Crippen molar-refractivity contribution >= 4 is 40.2 Å². The Labute approximate surface area is 90.9 Å². The highest BCUT2D eigenvalue weighted by Crippen LogP contribution is 2.03. The second-order valence-electron chi connectivity index (χ2n) is 2.35. The summed E-state index contributed by atoms with van der Waals surface area (Å²) in [5, 5.41) is 19.3. The molecule has 0 aromatic heterocycles. The van der Waals surface area contributed by atoms with Crippen molar-refractivity contribution in [2.45, 2.75) is 12.8 Å². The molecule has 7 heteroatoms. The van der Waals surface area contributed by atoms with E-state index in [-0.39, 0.29) is 19.4 Å². The van der Waals surface area contributed by atoms with Crippen LogP contribution in [0.3, 0.4) is 0 Å². The number of carbonyl (C=O) groups is 2. The molecule has 0 aromatic rings. The van der Waals surface area contributed by atoms with Gasteiger partial charge in [0.15, 0.2) is 0 Å². The van der Waals surface area contributed by atoms with Crippen LogP contribution in [0.2, 0.25) is 0 Å². The number of rotatable bonds is 6. The molecule has 0 bridgehead atoms. The minimum atomic E-state index is -0.893. The lowest BCUT2D eigenvalue weighted by Crippen LogP contribution is -2.22. The standard InChI is InChI=1S/C7H11NO4S2/c9-5(10)1-3-8-7(13)14-4-2-6(11)12/h1-4H2,(H,8,13)(H,9,10)(H,11,12). The zero-order valence-corrected chi connectivity index (χ0v) is 8.99. The zero-order chi connectivity index (χ0) is 11.0. The van der Waals surface area contributed by atoms with Crippen molar-refractivity contribution in [3.63, 3.8) is 0 Å². The summed E-state index contributed by atoms with van der Waals surface area (Å²) < 4.78 is 0.438. The Kier molecular flexibility index (Phi) is 7.13. The predicted molar refractivity (Wildman–Crippen MR) is 57.6 cm³/mol. The van der Waals surface area contributed by atoms with Gasteiger partial charge < -0.3 is 15.5 Å².